The van der Waals surface area contributed by atoms with Crippen molar-refractivity contribution >= 4 is 10.1 Å². The van der Waals surface area contributed by atoms with Gasteiger partial charge in [0.2, 0.25) is 0 Å². The van der Waals surface area contributed by atoms with Gasteiger partial charge in [0, 0.05) is 5.25 Å². The molecule has 0 saturated carbocycles. The van der Waals surface area contributed by atoms with Gasteiger partial charge in [0.05, 0.1) is 16.2 Å². The van der Waals surface area contributed by atoms with E-state index in [4.69, 9.17) is 0 Å². The third-order valence-corrected chi connectivity index (χ3v) is 7.03. The molecule has 6 heteroatoms. The van der Waals surface area contributed by atoms with Crippen LogP contribution in [0.4, 0.5) is 0 Å². The summed E-state index contributed by atoms with van der Waals surface area (Å²) in [4.78, 5) is 0. The molecule has 0 aliphatic carbocycles. The minimum atomic E-state index is -4.13. The Hall–Kier alpha value is 0.870. The van der Waals surface area contributed by atoms with E-state index >= 15 is 0 Å². The van der Waals surface area contributed by atoms with E-state index in [9.17, 15) is 18.1 Å². The van der Waals surface area contributed by atoms with Gasteiger partial charge in [-0.2, -0.15) is 0 Å². The molecule has 0 spiro atoms. The van der Waals surface area contributed by atoms with Crippen molar-refractivity contribution in [1.82, 2.24) is 0 Å². The average Bonchev–Trinajstić information content (AvgIpc) is 2.64. The molecule has 0 amide bonds. The SMILES string of the molecule is CCCCCC(O)CCCCCCCCCCCCC(CCCC)S(=O)(=O)[O-].[Na+]. The van der Waals surface area contributed by atoms with Gasteiger partial charge in [0.25, 0.3) is 0 Å². The molecule has 0 aromatic heterocycles. The van der Waals surface area contributed by atoms with Crippen molar-refractivity contribution in [2.24, 2.45) is 0 Å². The Bertz CT molecular complexity index is 429. The summed E-state index contributed by atoms with van der Waals surface area (Å²) in [5.74, 6) is 0. The first-order chi connectivity index (χ1) is 13.4. The number of aliphatic hydroxyl groups excluding tert-OH is 1. The quantitative estimate of drug-likeness (QED) is 0.167. The summed E-state index contributed by atoms with van der Waals surface area (Å²) < 4.78 is 33.8. The minimum Gasteiger partial charge on any atom is -0.748 e. The normalized spacial score (nSPS) is 13.8. The van der Waals surface area contributed by atoms with Crippen LogP contribution in [-0.2, 0) is 10.1 Å². The Morgan fingerprint density at radius 2 is 0.966 bits per heavy atom. The zero-order chi connectivity index (χ0) is 21.1. The van der Waals surface area contributed by atoms with E-state index in [1.807, 2.05) is 6.92 Å². The zero-order valence-corrected chi connectivity index (χ0v) is 22.5. The average molecular weight is 443 g/mol. The smallest absolute Gasteiger partial charge is 0.748 e. The summed E-state index contributed by atoms with van der Waals surface area (Å²) in [6.07, 6.45) is 19.9. The summed E-state index contributed by atoms with van der Waals surface area (Å²) in [5.41, 5.74) is 0. The van der Waals surface area contributed by atoms with Crippen molar-refractivity contribution in [3.63, 3.8) is 0 Å². The summed E-state index contributed by atoms with van der Waals surface area (Å²) in [6, 6.07) is 0. The van der Waals surface area contributed by atoms with E-state index in [1.165, 1.54) is 51.4 Å². The van der Waals surface area contributed by atoms with Crippen molar-refractivity contribution in [3.8, 4) is 0 Å². The molecule has 0 bridgehead atoms. The summed E-state index contributed by atoms with van der Waals surface area (Å²) in [6.45, 7) is 4.21. The van der Waals surface area contributed by atoms with Crippen molar-refractivity contribution in [1.29, 1.82) is 0 Å². The van der Waals surface area contributed by atoms with Crippen LogP contribution in [0.25, 0.3) is 0 Å². The fraction of sp³-hybridized carbons (Fsp3) is 1.00. The van der Waals surface area contributed by atoms with Crippen molar-refractivity contribution in [2.45, 2.75) is 147 Å². The van der Waals surface area contributed by atoms with Crippen molar-refractivity contribution in [2.75, 3.05) is 0 Å². The molecule has 0 rings (SSSR count). The largest absolute Gasteiger partial charge is 1.00 e. The first-order valence-corrected chi connectivity index (χ1v) is 13.5. The van der Waals surface area contributed by atoms with Crippen molar-refractivity contribution < 1.29 is 47.6 Å². The number of hydrogen-bond donors (Lipinski definition) is 1. The molecule has 0 aliphatic heterocycles. The molecule has 170 valence electrons. The van der Waals surface area contributed by atoms with Crippen LogP contribution >= 0.6 is 0 Å². The molecule has 4 nitrogen and oxygen atoms in total. The summed E-state index contributed by atoms with van der Waals surface area (Å²) in [5, 5.41) is 9.22. The monoisotopic (exact) mass is 442 g/mol. The predicted molar refractivity (Wildman–Crippen MR) is 119 cm³/mol. The van der Waals surface area contributed by atoms with E-state index in [0.29, 0.717) is 12.8 Å². The van der Waals surface area contributed by atoms with Gasteiger partial charge in [-0.3, -0.25) is 0 Å². The molecular formula is C23H47NaO4S. The van der Waals surface area contributed by atoms with Crippen LogP contribution in [0, 0.1) is 0 Å². The summed E-state index contributed by atoms with van der Waals surface area (Å²) >= 11 is 0. The van der Waals surface area contributed by atoms with Gasteiger partial charge in [-0.25, -0.2) is 8.42 Å². The Balaban J connectivity index is 0. The Morgan fingerprint density at radius 1 is 0.621 bits per heavy atom. The topological polar surface area (TPSA) is 77.4 Å². The first kappa shape index (κ1) is 32.1. The fourth-order valence-corrected chi connectivity index (χ4v) is 4.72. The maximum atomic E-state index is 11.3. The van der Waals surface area contributed by atoms with Gasteiger partial charge in [0.1, 0.15) is 0 Å². The van der Waals surface area contributed by atoms with Crippen LogP contribution in [0.15, 0.2) is 0 Å². The number of unbranched alkanes of at least 4 members (excludes halogenated alkanes) is 12. The van der Waals surface area contributed by atoms with Gasteiger partial charge in [-0.1, -0.05) is 110 Å². The van der Waals surface area contributed by atoms with Gasteiger partial charge in [-0.05, 0) is 25.7 Å². The van der Waals surface area contributed by atoms with E-state index in [1.54, 1.807) is 0 Å². The van der Waals surface area contributed by atoms with Gasteiger partial charge >= 0.3 is 29.6 Å². The maximum absolute atomic E-state index is 11.3. The molecule has 0 saturated heterocycles. The summed E-state index contributed by atoms with van der Waals surface area (Å²) in [7, 11) is -4.13. The zero-order valence-electron chi connectivity index (χ0n) is 19.7. The molecule has 1 N–H and O–H groups in total. The molecule has 0 aromatic rings. The molecule has 2 atom stereocenters. The Kier molecular flexibility index (Phi) is 24.4. The first-order valence-electron chi connectivity index (χ1n) is 12.0. The van der Waals surface area contributed by atoms with E-state index in [2.05, 4.69) is 6.92 Å². The third kappa shape index (κ3) is 21.9. The fourth-order valence-electron chi connectivity index (χ4n) is 3.81. The molecule has 29 heavy (non-hydrogen) atoms. The second-order valence-electron chi connectivity index (χ2n) is 8.52. The van der Waals surface area contributed by atoms with E-state index < -0.39 is 15.4 Å². The predicted octanol–water partition coefficient (Wildman–Crippen LogP) is 3.72. The molecule has 0 fully saturated rings. The molecule has 2 unspecified atom stereocenters. The number of hydrogen-bond acceptors (Lipinski definition) is 4. The number of rotatable bonds is 21. The maximum Gasteiger partial charge on any atom is 1.00 e. The molecular weight excluding hydrogens is 395 g/mol. The Morgan fingerprint density at radius 3 is 1.38 bits per heavy atom. The van der Waals surface area contributed by atoms with E-state index in [0.717, 1.165) is 57.8 Å². The van der Waals surface area contributed by atoms with Crippen LogP contribution in [0.2, 0.25) is 0 Å². The number of aliphatic hydroxyl groups is 1. The van der Waals surface area contributed by atoms with Crippen LogP contribution in [-0.4, -0.2) is 29.4 Å². The van der Waals surface area contributed by atoms with E-state index in [-0.39, 0.29) is 35.7 Å². The standard InChI is InChI=1S/C23H48O4S.Na/c1-3-5-15-18-22(24)19-16-13-11-9-7-8-10-12-14-17-21-23(20-6-4-2)28(25,26)27;/h22-24H,3-21H2,1-2H3,(H,25,26,27);/q;+1/p-1. The van der Waals surface area contributed by atoms with Crippen LogP contribution in [0.5, 0.6) is 0 Å². The molecule has 0 aromatic carbocycles. The third-order valence-electron chi connectivity index (χ3n) is 5.74. The van der Waals surface area contributed by atoms with Crippen LogP contribution in [0.3, 0.4) is 0 Å². The van der Waals surface area contributed by atoms with Crippen molar-refractivity contribution in [3.05, 3.63) is 0 Å². The Labute approximate surface area is 204 Å². The molecule has 0 aliphatic rings. The van der Waals surface area contributed by atoms with Crippen LogP contribution in [0.1, 0.15) is 136 Å². The molecule has 0 radical (unpaired) electrons. The van der Waals surface area contributed by atoms with Crippen LogP contribution < -0.4 is 29.6 Å². The van der Waals surface area contributed by atoms with Gasteiger partial charge in [-0.15, -0.1) is 0 Å². The minimum absolute atomic E-state index is 0. The second-order valence-corrected chi connectivity index (χ2v) is 10.2. The second kappa shape index (κ2) is 22.1. The van der Waals surface area contributed by atoms with Gasteiger partial charge in [0.15, 0.2) is 0 Å². The van der Waals surface area contributed by atoms with Gasteiger partial charge < -0.3 is 9.66 Å². The molecule has 0 heterocycles.